The second-order valence-electron chi connectivity index (χ2n) is 6.45. The summed E-state index contributed by atoms with van der Waals surface area (Å²) in [6, 6.07) is 1.92. The molecule has 0 amide bonds. The molecule has 0 saturated carbocycles. The molecule has 2 rings (SSSR count). The van der Waals surface area contributed by atoms with Crippen LogP contribution < -0.4 is 4.74 Å². The number of fused-ring (bicyclic) bond motifs is 1. The van der Waals surface area contributed by atoms with Crippen LogP contribution in [0.1, 0.15) is 73.8 Å². The highest BCUT2D eigenvalue weighted by atomic mass is 35.5. The van der Waals surface area contributed by atoms with Crippen molar-refractivity contribution < 1.29 is 4.74 Å². The molecule has 0 aliphatic carbocycles. The molecule has 0 radical (unpaired) electrons. The van der Waals surface area contributed by atoms with Gasteiger partial charge in [0.05, 0.1) is 12.0 Å². The number of ether oxygens (including phenoxy) is 1. The third-order valence-electron chi connectivity index (χ3n) is 4.48. The lowest BCUT2D eigenvalue weighted by Crippen LogP contribution is -2.17. The van der Waals surface area contributed by atoms with Gasteiger partial charge in [-0.3, -0.25) is 0 Å². The van der Waals surface area contributed by atoms with Crippen LogP contribution in [-0.4, -0.2) is 28.1 Å². The highest BCUT2D eigenvalue weighted by Crippen LogP contribution is 2.36. The number of pyridine rings is 2. The Kier molecular flexibility index (Phi) is 12.7. The van der Waals surface area contributed by atoms with Crippen molar-refractivity contribution in [3.05, 3.63) is 29.2 Å². The van der Waals surface area contributed by atoms with Crippen LogP contribution in [0.3, 0.4) is 0 Å². The summed E-state index contributed by atoms with van der Waals surface area (Å²) < 4.78 is 5.93. The molecule has 27 heavy (non-hydrogen) atoms. The zero-order valence-corrected chi connectivity index (χ0v) is 20.1. The number of halogens is 1. The molecule has 0 aliphatic heterocycles. The van der Waals surface area contributed by atoms with Gasteiger partial charge < -0.3 is 4.74 Å². The van der Waals surface area contributed by atoms with E-state index in [1.165, 1.54) is 5.56 Å². The molecule has 0 saturated heterocycles. The van der Waals surface area contributed by atoms with Crippen LogP contribution >= 0.6 is 23.4 Å². The SMILES string of the molecule is CC.CC.CCC(C)(C)c1cnc(OCCC(C)SC)c2cnc(Cl)cc12. The molecule has 3 nitrogen and oxygen atoms in total. The number of nitrogens with zero attached hydrogens (tertiary/aromatic N) is 2. The highest BCUT2D eigenvalue weighted by molar-refractivity contribution is 7.99. The molecule has 1 unspecified atom stereocenters. The standard InChI is InChI=1S/C18H25ClN2OS.2C2H6/c1-6-18(3,4)15-11-21-17(22-8-7-12(2)23-5)14-10-20-16(19)9-13(14)15;2*1-2/h9-12H,6-8H2,1-5H3;2*1-2H3. The molecule has 5 heteroatoms. The Hall–Kier alpha value is -1.00. The lowest BCUT2D eigenvalue weighted by atomic mass is 9.81. The minimum absolute atomic E-state index is 0.0296. The van der Waals surface area contributed by atoms with Crippen molar-refractivity contribution in [1.29, 1.82) is 0 Å². The molecule has 154 valence electrons. The monoisotopic (exact) mass is 412 g/mol. The van der Waals surface area contributed by atoms with Gasteiger partial charge in [0.25, 0.3) is 0 Å². The van der Waals surface area contributed by atoms with Crippen LogP contribution in [0.15, 0.2) is 18.5 Å². The fourth-order valence-electron chi connectivity index (χ4n) is 2.37. The first kappa shape index (κ1) is 26.0. The molecular formula is C22H37ClN2OS. The number of hydrogen-bond acceptors (Lipinski definition) is 4. The molecule has 0 fully saturated rings. The average molecular weight is 413 g/mol. The quantitative estimate of drug-likeness (QED) is 0.440. The van der Waals surface area contributed by atoms with E-state index in [-0.39, 0.29) is 5.41 Å². The smallest absolute Gasteiger partial charge is 0.222 e. The van der Waals surface area contributed by atoms with E-state index in [1.807, 2.05) is 51.7 Å². The number of thioether (sulfide) groups is 1. The Morgan fingerprint density at radius 3 is 2.30 bits per heavy atom. The van der Waals surface area contributed by atoms with Gasteiger partial charge in [-0.1, -0.05) is 67.0 Å². The molecule has 2 heterocycles. The van der Waals surface area contributed by atoms with E-state index in [1.54, 1.807) is 6.20 Å². The normalized spacial score (nSPS) is 11.8. The second-order valence-corrected chi connectivity index (χ2v) is 8.11. The average Bonchev–Trinajstić information content (AvgIpc) is 2.70. The first-order valence-electron chi connectivity index (χ1n) is 9.99. The van der Waals surface area contributed by atoms with Gasteiger partial charge in [-0.25, -0.2) is 9.97 Å². The van der Waals surface area contributed by atoms with Gasteiger partial charge in [0.15, 0.2) is 0 Å². The Balaban J connectivity index is 0.00000158. The van der Waals surface area contributed by atoms with Crippen molar-refractivity contribution in [3.63, 3.8) is 0 Å². The van der Waals surface area contributed by atoms with Gasteiger partial charge in [0.2, 0.25) is 5.88 Å². The summed E-state index contributed by atoms with van der Waals surface area (Å²) in [5.74, 6) is 0.646. The summed E-state index contributed by atoms with van der Waals surface area (Å²) in [6.07, 6.45) is 7.83. The number of rotatable bonds is 7. The Labute approximate surface area is 175 Å². The summed E-state index contributed by atoms with van der Waals surface area (Å²) in [5.41, 5.74) is 1.21. The molecule has 2 aromatic heterocycles. The van der Waals surface area contributed by atoms with Crippen molar-refractivity contribution in [2.24, 2.45) is 0 Å². The van der Waals surface area contributed by atoms with E-state index < -0.39 is 0 Å². The number of aromatic nitrogens is 2. The predicted molar refractivity (Wildman–Crippen MR) is 124 cm³/mol. The van der Waals surface area contributed by atoms with Gasteiger partial charge in [-0.15, -0.1) is 0 Å². The molecular weight excluding hydrogens is 376 g/mol. The summed E-state index contributed by atoms with van der Waals surface area (Å²) in [4.78, 5) is 8.78. The summed E-state index contributed by atoms with van der Waals surface area (Å²) in [5, 5.41) is 3.09. The number of hydrogen-bond donors (Lipinski definition) is 0. The van der Waals surface area contributed by atoms with Crippen molar-refractivity contribution in [2.75, 3.05) is 12.9 Å². The molecule has 0 bridgehead atoms. The van der Waals surface area contributed by atoms with Crippen LogP contribution in [-0.2, 0) is 5.41 Å². The second kappa shape index (κ2) is 13.2. The third kappa shape index (κ3) is 7.50. The lowest BCUT2D eigenvalue weighted by molar-refractivity contribution is 0.303. The molecule has 2 aromatic rings. The molecule has 0 aliphatic rings. The van der Waals surface area contributed by atoms with Crippen LogP contribution in [0.4, 0.5) is 0 Å². The minimum Gasteiger partial charge on any atom is -0.477 e. The van der Waals surface area contributed by atoms with Gasteiger partial charge in [0.1, 0.15) is 5.15 Å². The van der Waals surface area contributed by atoms with E-state index in [2.05, 4.69) is 43.9 Å². The van der Waals surface area contributed by atoms with Crippen molar-refractivity contribution in [1.82, 2.24) is 9.97 Å². The zero-order valence-electron chi connectivity index (χ0n) is 18.5. The van der Waals surface area contributed by atoms with Crippen LogP contribution in [0, 0.1) is 0 Å². The summed E-state index contributed by atoms with van der Waals surface area (Å²) in [7, 11) is 0. The highest BCUT2D eigenvalue weighted by Gasteiger charge is 2.23. The maximum atomic E-state index is 6.13. The Bertz CT molecular complexity index is 677. The van der Waals surface area contributed by atoms with Crippen LogP contribution in [0.2, 0.25) is 5.15 Å². The van der Waals surface area contributed by atoms with E-state index in [0.29, 0.717) is 22.9 Å². The maximum Gasteiger partial charge on any atom is 0.222 e. The Morgan fingerprint density at radius 1 is 1.11 bits per heavy atom. The van der Waals surface area contributed by atoms with Crippen molar-refractivity contribution in [3.8, 4) is 5.88 Å². The van der Waals surface area contributed by atoms with Crippen LogP contribution in [0.5, 0.6) is 5.88 Å². The largest absolute Gasteiger partial charge is 0.477 e. The predicted octanol–water partition coefficient (Wildman–Crippen LogP) is 7.54. The van der Waals surface area contributed by atoms with E-state index in [4.69, 9.17) is 16.3 Å². The molecule has 0 aromatic carbocycles. The topological polar surface area (TPSA) is 35.0 Å². The first-order valence-corrected chi connectivity index (χ1v) is 11.7. The molecule has 1 atom stereocenters. The minimum atomic E-state index is 0.0296. The van der Waals surface area contributed by atoms with Gasteiger partial charge in [-0.05, 0) is 41.5 Å². The maximum absolute atomic E-state index is 6.13. The fraction of sp³-hybridized carbons (Fsp3) is 0.636. The van der Waals surface area contributed by atoms with E-state index >= 15 is 0 Å². The van der Waals surface area contributed by atoms with Crippen molar-refractivity contribution >= 4 is 34.1 Å². The fourth-order valence-corrected chi connectivity index (χ4v) is 2.86. The van der Waals surface area contributed by atoms with Gasteiger partial charge in [-0.2, -0.15) is 11.8 Å². The van der Waals surface area contributed by atoms with Gasteiger partial charge >= 0.3 is 0 Å². The molecule has 0 spiro atoms. The van der Waals surface area contributed by atoms with Crippen molar-refractivity contribution in [2.45, 2.75) is 78.9 Å². The van der Waals surface area contributed by atoms with E-state index in [9.17, 15) is 0 Å². The van der Waals surface area contributed by atoms with Gasteiger partial charge in [0, 0.05) is 17.6 Å². The lowest BCUT2D eigenvalue weighted by Gasteiger charge is -2.25. The summed E-state index contributed by atoms with van der Waals surface area (Å²) >= 11 is 7.97. The molecule has 0 N–H and O–H groups in total. The Morgan fingerprint density at radius 2 is 1.74 bits per heavy atom. The first-order chi connectivity index (χ1) is 12.9. The summed E-state index contributed by atoms with van der Waals surface area (Å²) in [6.45, 7) is 17.5. The van der Waals surface area contributed by atoms with E-state index in [0.717, 1.165) is 23.6 Å². The van der Waals surface area contributed by atoms with Crippen LogP contribution in [0.25, 0.3) is 10.8 Å². The zero-order chi connectivity index (χ0) is 21.0. The third-order valence-corrected chi connectivity index (χ3v) is 5.73.